The molecule has 9 heteroatoms. The Bertz CT molecular complexity index is 1320. The molecule has 2 aromatic heterocycles. The van der Waals surface area contributed by atoms with Gasteiger partial charge in [-0.15, -0.1) is 0 Å². The Hall–Kier alpha value is -4.14. The van der Waals surface area contributed by atoms with E-state index in [0.717, 1.165) is 29.0 Å². The molecule has 0 spiro atoms. The summed E-state index contributed by atoms with van der Waals surface area (Å²) >= 11 is 0. The van der Waals surface area contributed by atoms with E-state index in [4.69, 9.17) is 18.9 Å². The first-order chi connectivity index (χ1) is 17.5. The maximum atomic E-state index is 13.3. The van der Waals surface area contributed by atoms with Crippen LogP contribution in [0.3, 0.4) is 0 Å². The number of furan rings is 1. The molecule has 0 N–H and O–H groups in total. The Morgan fingerprint density at radius 1 is 1.00 bits per heavy atom. The molecule has 0 unspecified atom stereocenters. The van der Waals surface area contributed by atoms with Crippen LogP contribution in [0.5, 0.6) is 0 Å². The van der Waals surface area contributed by atoms with Gasteiger partial charge < -0.3 is 23.7 Å². The zero-order valence-corrected chi connectivity index (χ0v) is 20.1. The zero-order valence-electron chi connectivity index (χ0n) is 20.1. The van der Waals surface area contributed by atoms with Crippen molar-refractivity contribution in [2.24, 2.45) is 0 Å². The van der Waals surface area contributed by atoms with Gasteiger partial charge in [0, 0.05) is 31.6 Å². The number of para-hydroxylation sites is 1. The van der Waals surface area contributed by atoms with Gasteiger partial charge in [-0.3, -0.25) is 4.79 Å². The number of esters is 1. The summed E-state index contributed by atoms with van der Waals surface area (Å²) in [5, 5.41) is 0.705. The van der Waals surface area contributed by atoms with Gasteiger partial charge >= 0.3 is 12.1 Å². The number of nitrogens with zero attached hydrogens (tertiary/aromatic N) is 3. The monoisotopic (exact) mass is 489 g/mol. The topological polar surface area (TPSA) is 102 Å². The largest absolute Gasteiger partial charge is 0.465 e. The third-order valence-electron chi connectivity index (χ3n) is 6.49. The van der Waals surface area contributed by atoms with Gasteiger partial charge in [-0.1, -0.05) is 18.2 Å². The van der Waals surface area contributed by atoms with Crippen LogP contribution >= 0.6 is 0 Å². The fourth-order valence-corrected chi connectivity index (χ4v) is 4.70. The number of fused-ring (bicyclic) bond motifs is 2. The van der Waals surface area contributed by atoms with Crippen molar-refractivity contribution in [2.75, 3.05) is 39.4 Å². The van der Waals surface area contributed by atoms with Crippen LogP contribution in [0.25, 0.3) is 22.6 Å². The lowest BCUT2D eigenvalue weighted by Gasteiger charge is -2.33. The maximum Gasteiger partial charge on any atom is 0.409 e. The third-order valence-corrected chi connectivity index (χ3v) is 6.49. The van der Waals surface area contributed by atoms with E-state index < -0.39 is 5.97 Å². The average molecular weight is 490 g/mol. The van der Waals surface area contributed by atoms with Crippen molar-refractivity contribution in [1.29, 1.82) is 0 Å². The third kappa shape index (κ3) is 4.68. The van der Waals surface area contributed by atoms with E-state index >= 15 is 0 Å². The molecule has 3 heterocycles. The van der Waals surface area contributed by atoms with Crippen molar-refractivity contribution < 1.29 is 28.3 Å². The predicted molar refractivity (Wildman–Crippen MR) is 132 cm³/mol. The molecule has 1 fully saturated rings. The molecule has 1 aliphatic carbocycles. The maximum absolute atomic E-state index is 13.3. The molecule has 0 saturated carbocycles. The highest BCUT2D eigenvalue weighted by Gasteiger charge is 2.29. The second-order valence-electron chi connectivity index (χ2n) is 8.66. The molecule has 1 aliphatic heterocycles. The quantitative estimate of drug-likeness (QED) is 0.503. The van der Waals surface area contributed by atoms with Gasteiger partial charge in [0.1, 0.15) is 5.76 Å². The number of benzene rings is 1. The highest BCUT2D eigenvalue weighted by atomic mass is 16.6. The van der Waals surface area contributed by atoms with E-state index in [1.54, 1.807) is 23.0 Å². The van der Waals surface area contributed by atoms with Gasteiger partial charge in [0.25, 0.3) is 5.91 Å². The molecule has 1 aromatic carbocycles. The van der Waals surface area contributed by atoms with Gasteiger partial charge in [-0.25, -0.2) is 14.6 Å². The van der Waals surface area contributed by atoms with E-state index in [-0.39, 0.29) is 18.6 Å². The lowest BCUT2D eigenvalue weighted by molar-refractivity contribution is -0.136. The molecule has 0 bridgehead atoms. The summed E-state index contributed by atoms with van der Waals surface area (Å²) in [5.74, 6) is -0.103. The predicted octanol–water partition coefficient (Wildman–Crippen LogP) is 3.77. The summed E-state index contributed by atoms with van der Waals surface area (Å²) in [6.45, 7) is 3.19. The Kier molecular flexibility index (Phi) is 6.71. The molecule has 9 nitrogen and oxygen atoms in total. The van der Waals surface area contributed by atoms with Crippen LogP contribution in [0.15, 0.2) is 47.1 Å². The molecule has 186 valence electrons. The van der Waals surface area contributed by atoms with E-state index in [2.05, 4.69) is 0 Å². The van der Waals surface area contributed by atoms with Crippen molar-refractivity contribution in [3.8, 4) is 0 Å². The summed E-state index contributed by atoms with van der Waals surface area (Å²) in [4.78, 5) is 45.9. The Morgan fingerprint density at radius 2 is 1.78 bits per heavy atom. The zero-order chi connectivity index (χ0) is 25.1. The van der Waals surface area contributed by atoms with Crippen molar-refractivity contribution >= 4 is 40.5 Å². The van der Waals surface area contributed by atoms with E-state index in [0.29, 0.717) is 55.7 Å². The number of pyridine rings is 1. The first-order valence-corrected chi connectivity index (χ1v) is 12.1. The summed E-state index contributed by atoms with van der Waals surface area (Å²) in [7, 11) is 0. The fraction of sp³-hybridized carbons (Fsp3) is 0.333. The number of allylic oxidation sites excluding steroid dienone is 1. The Morgan fingerprint density at radius 3 is 2.53 bits per heavy atom. The first kappa shape index (κ1) is 23.6. The summed E-state index contributed by atoms with van der Waals surface area (Å²) < 4.78 is 16.0. The number of aromatic nitrogens is 1. The number of ether oxygens (including phenoxy) is 2. The number of carbonyl (C=O) groups excluding carboxylic acids is 3. The molecule has 0 radical (unpaired) electrons. The summed E-state index contributed by atoms with van der Waals surface area (Å²) in [6, 6.07) is 11.1. The van der Waals surface area contributed by atoms with Gasteiger partial charge in [0.2, 0.25) is 0 Å². The molecule has 36 heavy (non-hydrogen) atoms. The number of amides is 2. The number of piperazine rings is 1. The SMILES string of the molecule is CCOC(=O)N1CCN(C(=O)COC(=O)c2c3c(nc4ccccc24)/C(=C/c2ccco2)CC3)CC1. The van der Waals surface area contributed by atoms with Crippen LogP contribution in [0.4, 0.5) is 4.79 Å². The Balaban J connectivity index is 1.32. The molecule has 5 rings (SSSR count). The number of hydrogen-bond acceptors (Lipinski definition) is 7. The number of carbonyl (C=O) groups is 3. The van der Waals surface area contributed by atoms with Gasteiger partial charge in [-0.2, -0.15) is 0 Å². The second kappa shape index (κ2) is 10.2. The van der Waals surface area contributed by atoms with Crippen LogP contribution in [0.2, 0.25) is 0 Å². The minimum Gasteiger partial charge on any atom is -0.465 e. The van der Waals surface area contributed by atoms with Crippen LogP contribution in [-0.4, -0.2) is 72.1 Å². The summed E-state index contributed by atoms with van der Waals surface area (Å²) in [6.07, 6.45) is 4.56. The lowest BCUT2D eigenvalue weighted by atomic mass is 10.0. The molecule has 3 aromatic rings. The van der Waals surface area contributed by atoms with Crippen molar-refractivity contribution in [2.45, 2.75) is 19.8 Å². The van der Waals surface area contributed by atoms with Crippen LogP contribution in [0.1, 0.15) is 40.7 Å². The second-order valence-corrected chi connectivity index (χ2v) is 8.66. The number of rotatable bonds is 5. The van der Waals surface area contributed by atoms with Crippen LogP contribution in [-0.2, 0) is 20.7 Å². The average Bonchev–Trinajstić information content (AvgIpc) is 3.56. The highest BCUT2D eigenvalue weighted by molar-refractivity contribution is 6.07. The minimum absolute atomic E-state index is 0.291. The standard InChI is InChI=1S/C27H27N3O6/c1-2-34-27(33)30-13-11-29(12-14-30)23(31)17-36-26(32)24-20-7-3-4-8-22(20)28-25-18(9-10-21(24)25)16-19-6-5-15-35-19/h3-8,15-16H,2,9-14,17H2,1H3/b18-16+. The lowest BCUT2D eigenvalue weighted by Crippen LogP contribution is -2.51. The molecular formula is C27H27N3O6. The molecule has 0 atom stereocenters. The van der Waals surface area contributed by atoms with Crippen molar-refractivity contribution in [3.05, 3.63) is 65.2 Å². The minimum atomic E-state index is -0.539. The molecule has 2 amide bonds. The smallest absolute Gasteiger partial charge is 0.409 e. The highest BCUT2D eigenvalue weighted by Crippen LogP contribution is 2.37. The normalized spacial score (nSPS) is 16.3. The van der Waals surface area contributed by atoms with Crippen molar-refractivity contribution in [1.82, 2.24) is 14.8 Å². The van der Waals surface area contributed by atoms with Crippen LogP contribution in [0, 0.1) is 0 Å². The number of hydrogen-bond donors (Lipinski definition) is 0. The van der Waals surface area contributed by atoms with Crippen LogP contribution < -0.4 is 0 Å². The molecule has 2 aliphatic rings. The van der Waals surface area contributed by atoms with E-state index in [1.807, 2.05) is 42.5 Å². The first-order valence-electron chi connectivity index (χ1n) is 12.1. The summed E-state index contributed by atoms with van der Waals surface area (Å²) in [5.41, 5.74) is 3.73. The van der Waals surface area contributed by atoms with E-state index in [1.165, 1.54) is 0 Å². The van der Waals surface area contributed by atoms with Gasteiger partial charge in [-0.05, 0) is 55.2 Å². The molecular weight excluding hydrogens is 462 g/mol. The van der Waals surface area contributed by atoms with Gasteiger partial charge in [0.05, 0.1) is 29.6 Å². The molecule has 1 saturated heterocycles. The Labute approximate surface area is 208 Å². The fourth-order valence-electron chi connectivity index (χ4n) is 4.70. The van der Waals surface area contributed by atoms with Crippen molar-refractivity contribution in [3.63, 3.8) is 0 Å². The van der Waals surface area contributed by atoms with E-state index in [9.17, 15) is 14.4 Å². The van der Waals surface area contributed by atoms with Gasteiger partial charge in [0.15, 0.2) is 6.61 Å².